The second kappa shape index (κ2) is 1.55. The van der Waals surface area contributed by atoms with Gasteiger partial charge in [0, 0.05) is 0 Å². The van der Waals surface area contributed by atoms with Crippen molar-refractivity contribution in [2.45, 2.75) is 6.29 Å². The maximum Gasteiger partial charge on any atom is 0.217 e. The van der Waals surface area contributed by atoms with Crippen LogP contribution in [0.3, 0.4) is 0 Å². The Labute approximate surface area is 35.5 Å². The zero-order chi connectivity index (χ0) is 4.41. The summed E-state index contributed by atoms with van der Waals surface area (Å²) in [4.78, 5) is 0. The Morgan fingerprint density at radius 2 is 2.50 bits per heavy atom. The Bertz CT molecular complexity index is 39.3. The molecule has 1 radical (unpaired) electrons. The predicted molar refractivity (Wildman–Crippen MR) is 16.4 cm³/mol. The maximum absolute atomic E-state index is 9.98. The molecule has 0 N–H and O–H groups in total. The molecule has 1 atom stereocenters. The fourth-order valence-electron chi connectivity index (χ4n) is 0.316. The minimum atomic E-state index is -0.926. The first kappa shape index (κ1) is 4.05. The van der Waals surface area contributed by atoms with Gasteiger partial charge in [0.2, 0.25) is 6.29 Å². The highest BCUT2D eigenvalue weighted by atomic mass is 16.8. The first-order valence-corrected chi connectivity index (χ1v) is 1.75. The lowest BCUT2D eigenvalue weighted by Gasteiger charge is -1.86. The molecule has 0 aromatic rings. The molecule has 0 aliphatic carbocycles. The Hall–Kier alpha value is -0.120. The van der Waals surface area contributed by atoms with E-state index in [1.807, 2.05) is 0 Å². The van der Waals surface area contributed by atoms with Crippen molar-refractivity contribution in [1.29, 1.82) is 0 Å². The van der Waals surface area contributed by atoms with Gasteiger partial charge >= 0.3 is 0 Å². The SMILES string of the molecule is [O]C1COCO1. The van der Waals surface area contributed by atoms with Crippen LogP contribution >= 0.6 is 0 Å². The third-order valence-electron chi connectivity index (χ3n) is 0.591. The van der Waals surface area contributed by atoms with Gasteiger partial charge in [-0.1, -0.05) is 0 Å². The quantitative estimate of drug-likeness (QED) is 0.410. The van der Waals surface area contributed by atoms with Crippen LogP contribution in [0.1, 0.15) is 0 Å². The van der Waals surface area contributed by atoms with E-state index in [1.54, 1.807) is 0 Å². The van der Waals surface area contributed by atoms with Gasteiger partial charge in [-0.3, -0.25) is 0 Å². The minimum absolute atomic E-state index is 0.175. The Morgan fingerprint density at radius 3 is 2.67 bits per heavy atom. The molecular weight excluding hydrogens is 84.0 g/mol. The van der Waals surface area contributed by atoms with Gasteiger partial charge in [0.1, 0.15) is 13.4 Å². The highest BCUT2D eigenvalue weighted by molar-refractivity contribution is 4.37. The van der Waals surface area contributed by atoms with Crippen LogP contribution in [0.4, 0.5) is 0 Å². The molecule has 0 aromatic heterocycles. The summed E-state index contributed by atoms with van der Waals surface area (Å²) >= 11 is 0. The maximum atomic E-state index is 9.98. The number of hydrogen-bond donors (Lipinski definition) is 0. The lowest BCUT2D eigenvalue weighted by Crippen LogP contribution is -2.03. The van der Waals surface area contributed by atoms with Crippen LogP contribution in [0.2, 0.25) is 0 Å². The highest BCUT2D eigenvalue weighted by Crippen LogP contribution is 1.97. The summed E-state index contributed by atoms with van der Waals surface area (Å²) < 4.78 is 8.90. The summed E-state index contributed by atoms with van der Waals surface area (Å²) in [5.74, 6) is 0. The van der Waals surface area contributed by atoms with Gasteiger partial charge in [-0.25, -0.2) is 0 Å². The molecule has 0 saturated carbocycles. The molecule has 1 unspecified atom stereocenters. The second-order valence-corrected chi connectivity index (χ2v) is 1.08. The summed E-state index contributed by atoms with van der Waals surface area (Å²) in [5.41, 5.74) is 0. The summed E-state index contributed by atoms with van der Waals surface area (Å²) in [6, 6.07) is 0. The average Bonchev–Trinajstić information content (AvgIpc) is 1.86. The summed E-state index contributed by atoms with van der Waals surface area (Å²) in [7, 11) is 0. The number of hydrogen-bond acceptors (Lipinski definition) is 2. The van der Waals surface area contributed by atoms with Crippen molar-refractivity contribution in [1.82, 2.24) is 0 Å². The van der Waals surface area contributed by atoms with Crippen LogP contribution < -0.4 is 0 Å². The van der Waals surface area contributed by atoms with Crippen LogP contribution in [-0.4, -0.2) is 19.7 Å². The van der Waals surface area contributed by atoms with E-state index < -0.39 is 6.29 Å². The standard InChI is InChI=1S/C3H5O3/c4-3-1-5-2-6-3/h3H,1-2H2. The van der Waals surface area contributed by atoms with Crippen molar-refractivity contribution in [2.75, 3.05) is 13.4 Å². The number of ether oxygens (including phenoxy) is 2. The monoisotopic (exact) mass is 89.0 g/mol. The number of rotatable bonds is 0. The first-order chi connectivity index (χ1) is 2.89. The van der Waals surface area contributed by atoms with Gasteiger partial charge < -0.3 is 9.47 Å². The van der Waals surface area contributed by atoms with Crippen molar-refractivity contribution in [3.05, 3.63) is 0 Å². The largest absolute Gasteiger partial charge is 0.350 e. The van der Waals surface area contributed by atoms with Crippen LogP contribution in [0.25, 0.3) is 0 Å². The third kappa shape index (κ3) is 0.680. The lowest BCUT2D eigenvalue weighted by atomic mass is 10.7. The molecule has 0 bridgehead atoms. The van der Waals surface area contributed by atoms with E-state index in [9.17, 15) is 5.11 Å². The van der Waals surface area contributed by atoms with Crippen LogP contribution in [0.15, 0.2) is 0 Å². The van der Waals surface area contributed by atoms with Crippen molar-refractivity contribution >= 4 is 0 Å². The molecular formula is C3H5O3. The normalized spacial score (nSPS) is 34.5. The van der Waals surface area contributed by atoms with E-state index in [0.29, 0.717) is 0 Å². The van der Waals surface area contributed by atoms with E-state index in [-0.39, 0.29) is 13.4 Å². The van der Waals surface area contributed by atoms with E-state index in [2.05, 4.69) is 9.47 Å². The molecule has 1 aliphatic heterocycles. The second-order valence-electron chi connectivity index (χ2n) is 1.08. The summed E-state index contributed by atoms with van der Waals surface area (Å²) in [6.07, 6.45) is -0.926. The summed E-state index contributed by atoms with van der Waals surface area (Å²) in [5, 5.41) is 9.98. The van der Waals surface area contributed by atoms with E-state index in [1.165, 1.54) is 0 Å². The Kier molecular flexibility index (Phi) is 1.05. The smallest absolute Gasteiger partial charge is 0.217 e. The van der Waals surface area contributed by atoms with Crippen LogP contribution in [-0.2, 0) is 14.6 Å². The molecule has 1 saturated heterocycles. The zero-order valence-electron chi connectivity index (χ0n) is 3.22. The summed E-state index contributed by atoms with van der Waals surface area (Å²) in [6.45, 7) is 0.383. The van der Waals surface area contributed by atoms with Gasteiger partial charge in [-0.05, 0) is 0 Å². The van der Waals surface area contributed by atoms with Crippen LogP contribution in [0, 0.1) is 0 Å². The van der Waals surface area contributed by atoms with Crippen molar-refractivity contribution in [3.8, 4) is 0 Å². The van der Waals surface area contributed by atoms with Gasteiger partial charge in [0.25, 0.3) is 0 Å². The van der Waals surface area contributed by atoms with E-state index >= 15 is 0 Å². The molecule has 1 heterocycles. The highest BCUT2D eigenvalue weighted by Gasteiger charge is 2.11. The molecule has 6 heavy (non-hydrogen) atoms. The molecule has 1 aliphatic rings. The lowest BCUT2D eigenvalue weighted by molar-refractivity contribution is -0.0998. The fraction of sp³-hybridized carbons (Fsp3) is 1.00. The Balaban J connectivity index is 2.18. The zero-order valence-corrected chi connectivity index (χ0v) is 3.22. The van der Waals surface area contributed by atoms with E-state index in [0.717, 1.165) is 0 Å². The van der Waals surface area contributed by atoms with Gasteiger partial charge in [0.05, 0.1) is 0 Å². The third-order valence-corrected chi connectivity index (χ3v) is 0.591. The molecule has 0 aromatic carbocycles. The molecule has 35 valence electrons. The average molecular weight is 89.1 g/mol. The van der Waals surface area contributed by atoms with Crippen molar-refractivity contribution < 1.29 is 14.6 Å². The topological polar surface area (TPSA) is 38.4 Å². The predicted octanol–water partition coefficient (Wildman–Crippen LogP) is -0.253. The van der Waals surface area contributed by atoms with Gasteiger partial charge in [-0.15, -0.1) is 0 Å². The molecule has 3 nitrogen and oxygen atoms in total. The Morgan fingerprint density at radius 1 is 1.67 bits per heavy atom. The van der Waals surface area contributed by atoms with Crippen molar-refractivity contribution in [2.24, 2.45) is 0 Å². The molecule has 0 amide bonds. The van der Waals surface area contributed by atoms with Crippen molar-refractivity contribution in [3.63, 3.8) is 0 Å². The molecule has 0 spiro atoms. The first-order valence-electron chi connectivity index (χ1n) is 1.75. The van der Waals surface area contributed by atoms with Crippen LogP contribution in [0.5, 0.6) is 0 Å². The van der Waals surface area contributed by atoms with Gasteiger partial charge in [0.15, 0.2) is 0 Å². The molecule has 3 heteroatoms. The fourth-order valence-corrected chi connectivity index (χ4v) is 0.316. The van der Waals surface area contributed by atoms with E-state index in [4.69, 9.17) is 0 Å². The van der Waals surface area contributed by atoms with Gasteiger partial charge in [-0.2, -0.15) is 5.11 Å². The molecule has 1 rings (SSSR count). The molecule has 1 fully saturated rings. The minimum Gasteiger partial charge on any atom is -0.350 e.